The molecule has 0 bridgehead atoms. The van der Waals surface area contributed by atoms with Crippen molar-refractivity contribution in [2.45, 2.75) is 19.3 Å². The zero-order valence-corrected chi connectivity index (χ0v) is 12.5. The fourth-order valence-electron chi connectivity index (χ4n) is 3.11. The van der Waals surface area contributed by atoms with E-state index in [2.05, 4.69) is 50.5 Å². The molecule has 2 aromatic heterocycles. The third kappa shape index (κ3) is 2.64. The lowest BCUT2D eigenvalue weighted by atomic mass is 10.1. The minimum Gasteiger partial charge on any atom is -0.370 e. The molecule has 0 aliphatic carbocycles. The van der Waals surface area contributed by atoms with Gasteiger partial charge in [0.15, 0.2) is 0 Å². The number of nitrogens with one attached hydrogen (secondary N) is 2. The highest BCUT2D eigenvalue weighted by molar-refractivity contribution is 5.83. The summed E-state index contributed by atoms with van der Waals surface area (Å²) in [7, 11) is 0. The molecule has 1 saturated heterocycles. The predicted octanol–water partition coefficient (Wildman–Crippen LogP) is 4.30. The molecule has 1 fully saturated rings. The summed E-state index contributed by atoms with van der Waals surface area (Å²) < 4.78 is 0. The molecule has 112 valence electrons. The first kappa shape index (κ1) is 13.2. The van der Waals surface area contributed by atoms with Crippen LogP contribution in [0.3, 0.4) is 0 Å². The number of benzene rings is 1. The van der Waals surface area contributed by atoms with Gasteiger partial charge in [-0.25, -0.2) is 0 Å². The van der Waals surface area contributed by atoms with Crippen molar-refractivity contribution in [3.05, 3.63) is 48.9 Å². The second kappa shape index (κ2) is 5.72. The van der Waals surface area contributed by atoms with Gasteiger partial charge in [0, 0.05) is 30.5 Å². The van der Waals surface area contributed by atoms with Crippen molar-refractivity contribution in [3.63, 3.8) is 0 Å². The Labute approximate surface area is 130 Å². The molecule has 0 unspecified atom stereocenters. The summed E-state index contributed by atoms with van der Waals surface area (Å²) in [6, 6.07) is 10.6. The van der Waals surface area contributed by atoms with Crippen LogP contribution < -0.4 is 10.2 Å². The van der Waals surface area contributed by atoms with E-state index in [1.807, 2.05) is 18.6 Å². The summed E-state index contributed by atoms with van der Waals surface area (Å²) in [6.45, 7) is 2.28. The summed E-state index contributed by atoms with van der Waals surface area (Å²) >= 11 is 0. The van der Waals surface area contributed by atoms with Crippen LogP contribution in [0.15, 0.2) is 48.9 Å². The molecule has 1 aliphatic rings. The Bertz CT molecular complexity index is 771. The fraction of sp³-hybridized carbons (Fsp3) is 0.278. The van der Waals surface area contributed by atoms with Gasteiger partial charge < -0.3 is 15.2 Å². The number of hydrogen-bond donors (Lipinski definition) is 2. The lowest BCUT2D eigenvalue weighted by Crippen LogP contribution is -2.29. The lowest BCUT2D eigenvalue weighted by Gasteiger charge is -2.28. The summed E-state index contributed by atoms with van der Waals surface area (Å²) in [5.41, 5.74) is 4.47. The molecule has 1 aliphatic heterocycles. The molecular formula is C18H20N4. The first-order chi connectivity index (χ1) is 10.9. The van der Waals surface area contributed by atoms with Crippen molar-refractivity contribution < 1.29 is 0 Å². The monoisotopic (exact) mass is 292 g/mol. The Morgan fingerprint density at radius 1 is 0.955 bits per heavy atom. The molecule has 2 N–H and O–H groups in total. The number of H-pyrrole nitrogens is 1. The Kier molecular flexibility index (Phi) is 3.43. The minimum atomic E-state index is 1.04. The van der Waals surface area contributed by atoms with Crippen molar-refractivity contribution in [2.75, 3.05) is 23.3 Å². The van der Waals surface area contributed by atoms with Gasteiger partial charge in [0.25, 0.3) is 0 Å². The number of aromatic amines is 1. The smallest absolute Gasteiger partial charge is 0.0591 e. The van der Waals surface area contributed by atoms with E-state index in [1.165, 1.54) is 30.3 Å². The Hall–Kier alpha value is -2.49. The molecule has 4 nitrogen and oxygen atoms in total. The number of piperidine rings is 1. The minimum absolute atomic E-state index is 1.04. The van der Waals surface area contributed by atoms with Gasteiger partial charge in [-0.2, -0.15) is 0 Å². The highest BCUT2D eigenvalue weighted by Gasteiger charge is 2.11. The summed E-state index contributed by atoms with van der Waals surface area (Å²) in [4.78, 5) is 10.1. The van der Waals surface area contributed by atoms with Gasteiger partial charge in [-0.15, -0.1) is 0 Å². The van der Waals surface area contributed by atoms with E-state index in [0.717, 1.165) is 30.0 Å². The van der Waals surface area contributed by atoms with Gasteiger partial charge in [-0.3, -0.25) is 4.98 Å². The number of aromatic nitrogens is 2. The molecule has 22 heavy (non-hydrogen) atoms. The molecule has 0 spiro atoms. The average Bonchev–Trinajstić information content (AvgIpc) is 3.04. The molecule has 3 aromatic rings. The van der Waals surface area contributed by atoms with Crippen LogP contribution in [-0.2, 0) is 0 Å². The molecule has 0 atom stereocenters. The van der Waals surface area contributed by atoms with E-state index in [4.69, 9.17) is 0 Å². The second-order valence-electron chi connectivity index (χ2n) is 5.88. The van der Waals surface area contributed by atoms with Gasteiger partial charge in [0.1, 0.15) is 0 Å². The van der Waals surface area contributed by atoms with E-state index < -0.39 is 0 Å². The molecule has 3 heterocycles. The predicted molar refractivity (Wildman–Crippen MR) is 91.9 cm³/mol. The number of rotatable bonds is 3. The third-order valence-corrected chi connectivity index (χ3v) is 4.29. The maximum atomic E-state index is 4.40. The van der Waals surface area contributed by atoms with E-state index in [-0.39, 0.29) is 0 Å². The SMILES string of the molecule is c1cc2ccc(Nc3cncc(N4CCCCC4)c3)cc2[nH]1. The number of hydrogen-bond acceptors (Lipinski definition) is 3. The van der Waals surface area contributed by atoms with Crippen LogP contribution in [0.25, 0.3) is 10.9 Å². The van der Waals surface area contributed by atoms with Gasteiger partial charge in [0.05, 0.1) is 23.8 Å². The van der Waals surface area contributed by atoms with Crippen LogP contribution in [0.1, 0.15) is 19.3 Å². The van der Waals surface area contributed by atoms with Crippen molar-refractivity contribution in [1.82, 2.24) is 9.97 Å². The van der Waals surface area contributed by atoms with Gasteiger partial charge >= 0.3 is 0 Å². The maximum Gasteiger partial charge on any atom is 0.0591 e. The quantitative estimate of drug-likeness (QED) is 0.756. The van der Waals surface area contributed by atoms with Crippen molar-refractivity contribution in [2.24, 2.45) is 0 Å². The van der Waals surface area contributed by atoms with Gasteiger partial charge in [-0.05, 0) is 48.9 Å². The zero-order valence-electron chi connectivity index (χ0n) is 12.5. The van der Waals surface area contributed by atoms with Gasteiger partial charge in [-0.1, -0.05) is 6.07 Å². The molecule has 4 heteroatoms. The zero-order chi connectivity index (χ0) is 14.8. The van der Waals surface area contributed by atoms with Crippen LogP contribution >= 0.6 is 0 Å². The number of anilines is 3. The first-order valence-corrected chi connectivity index (χ1v) is 7.93. The van der Waals surface area contributed by atoms with E-state index in [1.54, 1.807) is 0 Å². The standard InChI is InChI=1S/C18H20N4/c1-2-8-22(9-3-1)17-10-16(12-19-13-17)21-15-5-4-14-6-7-20-18(14)11-15/h4-7,10-13,20-21H,1-3,8-9H2. The van der Waals surface area contributed by atoms with Crippen LogP contribution in [0.5, 0.6) is 0 Å². The first-order valence-electron chi connectivity index (χ1n) is 7.93. The molecule has 0 amide bonds. The molecule has 0 radical (unpaired) electrons. The maximum absolute atomic E-state index is 4.40. The average molecular weight is 292 g/mol. The topological polar surface area (TPSA) is 44.0 Å². The summed E-state index contributed by atoms with van der Waals surface area (Å²) in [5, 5.41) is 4.68. The Balaban J connectivity index is 1.56. The van der Waals surface area contributed by atoms with Crippen molar-refractivity contribution in [1.29, 1.82) is 0 Å². The van der Waals surface area contributed by atoms with Crippen LogP contribution in [0.4, 0.5) is 17.1 Å². The van der Waals surface area contributed by atoms with E-state index in [0.29, 0.717) is 0 Å². The van der Waals surface area contributed by atoms with Crippen LogP contribution in [-0.4, -0.2) is 23.1 Å². The van der Waals surface area contributed by atoms with Crippen LogP contribution in [0, 0.1) is 0 Å². The molecular weight excluding hydrogens is 272 g/mol. The van der Waals surface area contributed by atoms with Crippen LogP contribution in [0.2, 0.25) is 0 Å². The van der Waals surface area contributed by atoms with Crippen molar-refractivity contribution >= 4 is 28.0 Å². The Morgan fingerprint density at radius 2 is 1.86 bits per heavy atom. The highest BCUT2D eigenvalue weighted by atomic mass is 15.1. The number of fused-ring (bicyclic) bond motifs is 1. The highest BCUT2D eigenvalue weighted by Crippen LogP contribution is 2.25. The lowest BCUT2D eigenvalue weighted by molar-refractivity contribution is 0.577. The molecule has 0 saturated carbocycles. The van der Waals surface area contributed by atoms with E-state index >= 15 is 0 Å². The number of nitrogens with zero attached hydrogens (tertiary/aromatic N) is 2. The third-order valence-electron chi connectivity index (χ3n) is 4.29. The van der Waals surface area contributed by atoms with Crippen molar-refractivity contribution in [3.8, 4) is 0 Å². The summed E-state index contributed by atoms with van der Waals surface area (Å²) in [6.07, 6.45) is 9.71. The summed E-state index contributed by atoms with van der Waals surface area (Å²) in [5.74, 6) is 0. The van der Waals surface area contributed by atoms with E-state index in [9.17, 15) is 0 Å². The molecule has 1 aromatic carbocycles. The second-order valence-corrected chi connectivity index (χ2v) is 5.88. The number of pyridine rings is 1. The van der Waals surface area contributed by atoms with Gasteiger partial charge in [0.2, 0.25) is 0 Å². The normalized spacial score (nSPS) is 15.2. The largest absolute Gasteiger partial charge is 0.370 e. The molecule has 4 rings (SSSR count). The fourth-order valence-corrected chi connectivity index (χ4v) is 3.11. The Morgan fingerprint density at radius 3 is 2.77 bits per heavy atom.